The second-order valence-electron chi connectivity index (χ2n) is 6.85. The van der Waals surface area contributed by atoms with E-state index in [2.05, 4.69) is 5.18 Å². The van der Waals surface area contributed by atoms with Crippen molar-refractivity contribution in [3.05, 3.63) is 82.9 Å². The summed E-state index contributed by atoms with van der Waals surface area (Å²) in [5.41, 5.74) is 0.976. The highest BCUT2D eigenvalue weighted by Crippen LogP contribution is 2.40. The molecule has 0 saturated carbocycles. The highest BCUT2D eigenvalue weighted by atomic mass is 16.3. The summed E-state index contributed by atoms with van der Waals surface area (Å²) >= 11 is 0. The monoisotopic (exact) mass is 383 g/mol. The van der Waals surface area contributed by atoms with E-state index in [0.717, 1.165) is 0 Å². The first-order valence-corrected chi connectivity index (χ1v) is 8.80. The van der Waals surface area contributed by atoms with Crippen LogP contribution < -0.4 is 0 Å². The fraction of sp³-hybridized carbons (Fsp3) is 0.250. The first-order chi connectivity index (χ1) is 13.6. The number of aliphatic hydroxyl groups excluding tert-OH is 2. The fourth-order valence-corrected chi connectivity index (χ4v) is 4.01. The van der Waals surface area contributed by atoms with Gasteiger partial charge in [0.2, 0.25) is 12.5 Å². The summed E-state index contributed by atoms with van der Waals surface area (Å²) in [4.78, 5) is 24.3. The summed E-state index contributed by atoms with van der Waals surface area (Å²) < 4.78 is 10.4. The molecule has 2 aromatic heterocycles. The average molecular weight is 383 g/mol. The van der Waals surface area contributed by atoms with Crippen LogP contribution in [0.5, 0.6) is 0 Å². The third-order valence-corrected chi connectivity index (χ3v) is 5.32. The molecule has 0 aliphatic carbocycles. The van der Waals surface area contributed by atoms with Gasteiger partial charge in [-0.25, -0.2) is 0 Å². The maximum Gasteiger partial charge on any atom is 0.218 e. The smallest absolute Gasteiger partial charge is 0.218 e. The van der Waals surface area contributed by atoms with Crippen molar-refractivity contribution in [1.29, 1.82) is 0 Å². The number of carbonyl (C=O) groups excluding carboxylic acids is 1. The number of hydrogen-bond donors (Lipinski definition) is 2. The molecule has 4 rings (SSSR count). The summed E-state index contributed by atoms with van der Waals surface area (Å²) in [6, 6.07) is 5.37. The van der Waals surface area contributed by atoms with Crippen LogP contribution >= 0.6 is 0 Å². The van der Waals surface area contributed by atoms with Crippen LogP contribution in [0.2, 0.25) is 0 Å². The van der Waals surface area contributed by atoms with E-state index in [1.807, 2.05) is 0 Å². The third-order valence-electron chi connectivity index (χ3n) is 5.32. The Balaban J connectivity index is 1.82. The number of quaternary nitrogens is 1. The van der Waals surface area contributed by atoms with Gasteiger partial charge in [0.25, 0.3) is 0 Å². The Morgan fingerprint density at radius 2 is 1.96 bits per heavy atom. The Labute approximate surface area is 160 Å². The van der Waals surface area contributed by atoms with E-state index >= 15 is 0 Å². The van der Waals surface area contributed by atoms with Crippen LogP contribution in [0.25, 0.3) is 5.57 Å². The number of nitrogens with zero attached hydrogens (tertiary/aromatic N) is 2. The van der Waals surface area contributed by atoms with Crippen LogP contribution in [0.1, 0.15) is 11.5 Å². The zero-order valence-electron chi connectivity index (χ0n) is 14.9. The minimum atomic E-state index is -0.797. The first-order valence-electron chi connectivity index (χ1n) is 8.80. The molecule has 3 atom stereocenters. The van der Waals surface area contributed by atoms with Crippen LogP contribution in [0.3, 0.4) is 0 Å². The standard InChI is InChI=1S/C20H18N2O6/c23-11-17-15(20-4-2-6-28-20)9-18(24)16-8-13(7-14-3-1-5-27-14)19(25)10-22(16,17)12-21-26/h1-6,8-10,16-17,23H,7,11-12H2/p+1/t16-,17+,22-/m1/s1. The Bertz CT molecular complexity index is 971. The van der Waals surface area contributed by atoms with Gasteiger partial charge in [-0.15, -0.1) is 4.91 Å². The van der Waals surface area contributed by atoms with E-state index in [0.29, 0.717) is 29.1 Å². The van der Waals surface area contributed by atoms with E-state index < -0.39 is 12.1 Å². The van der Waals surface area contributed by atoms with Crippen molar-refractivity contribution in [2.75, 3.05) is 13.3 Å². The molecule has 2 aromatic rings. The van der Waals surface area contributed by atoms with Gasteiger partial charge < -0.3 is 19.0 Å². The zero-order valence-corrected chi connectivity index (χ0v) is 14.9. The molecule has 2 N–H and O–H groups in total. The van der Waals surface area contributed by atoms with E-state index in [-0.39, 0.29) is 29.3 Å². The zero-order chi connectivity index (χ0) is 19.7. The van der Waals surface area contributed by atoms with Crippen molar-refractivity contribution in [3.63, 3.8) is 0 Å². The van der Waals surface area contributed by atoms with Crippen LogP contribution in [-0.4, -0.2) is 45.8 Å². The molecule has 0 bridgehead atoms. The molecule has 0 saturated heterocycles. The normalized spacial score (nSPS) is 26.9. The Morgan fingerprint density at radius 3 is 2.61 bits per heavy atom. The highest BCUT2D eigenvalue weighted by Gasteiger charge is 2.53. The van der Waals surface area contributed by atoms with Gasteiger partial charge in [0.1, 0.15) is 30.4 Å². The lowest BCUT2D eigenvalue weighted by Gasteiger charge is -2.47. The molecule has 2 aliphatic rings. The quantitative estimate of drug-likeness (QED) is 0.586. The number of carbonyl (C=O) groups is 1. The fourth-order valence-electron chi connectivity index (χ4n) is 4.01. The Kier molecular flexibility index (Phi) is 4.58. The molecule has 0 fully saturated rings. The molecule has 0 unspecified atom stereocenters. The molecule has 4 heterocycles. The number of allylic oxidation sites excluding steroid dienone is 1. The summed E-state index contributed by atoms with van der Waals surface area (Å²) in [5.74, 6) is 0.713. The Hall–Kier alpha value is -3.23. The molecule has 28 heavy (non-hydrogen) atoms. The minimum absolute atomic E-state index is 0.0803. The molecule has 0 amide bonds. The van der Waals surface area contributed by atoms with Crippen molar-refractivity contribution in [3.8, 4) is 0 Å². The van der Waals surface area contributed by atoms with Gasteiger partial charge >= 0.3 is 0 Å². The third kappa shape index (κ3) is 2.83. The van der Waals surface area contributed by atoms with Gasteiger partial charge in [0.05, 0.1) is 18.1 Å². The van der Waals surface area contributed by atoms with E-state index in [1.54, 1.807) is 30.3 Å². The maximum atomic E-state index is 13.0. The SMILES string of the molecule is O=NC[N@+]12C=C(O)C(Cc3ccco3)=C[C@@H]1C(=O)C=C(c1ccco1)[C@@H]2CO. The number of hydrogen-bond acceptors (Lipinski definition) is 7. The van der Waals surface area contributed by atoms with E-state index in [4.69, 9.17) is 8.83 Å². The average Bonchev–Trinajstić information content (AvgIpc) is 3.37. The molecule has 8 nitrogen and oxygen atoms in total. The van der Waals surface area contributed by atoms with Crippen molar-refractivity contribution in [2.45, 2.75) is 18.5 Å². The van der Waals surface area contributed by atoms with Gasteiger partial charge in [0.15, 0.2) is 11.8 Å². The van der Waals surface area contributed by atoms with Crippen LogP contribution in [0.4, 0.5) is 0 Å². The molecule has 0 radical (unpaired) electrons. The first kappa shape index (κ1) is 18.1. The summed E-state index contributed by atoms with van der Waals surface area (Å²) in [7, 11) is 0. The molecule has 2 aliphatic heterocycles. The lowest BCUT2D eigenvalue weighted by Crippen LogP contribution is -2.64. The lowest BCUT2D eigenvalue weighted by molar-refractivity contribution is -0.907. The molecule has 144 valence electrons. The van der Waals surface area contributed by atoms with Crippen LogP contribution in [0, 0.1) is 4.91 Å². The van der Waals surface area contributed by atoms with Gasteiger partial charge in [-0.1, -0.05) is 0 Å². The summed E-state index contributed by atoms with van der Waals surface area (Å²) in [6.45, 7) is -0.689. The number of rotatable bonds is 6. The molecular weight excluding hydrogens is 364 g/mol. The molecule has 0 spiro atoms. The largest absolute Gasteiger partial charge is 0.503 e. The van der Waals surface area contributed by atoms with Gasteiger partial charge in [-0.3, -0.25) is 9.28 Å². The molecule has 0 aromatic carbocycles. The molecule has 8 heteroatoms. The highest BCUT2D eigenvalue weighted by molar-refractivity contribution is 6.02. The summed E-state index contributed by atoms with van der Waals surface area (Å²) in [5, 5.41) is 23.8. The lowest BCUT2D eigenvalue weighted by atomic mass is 9.86. The number of fused-ring (bicyclic) bond motifs is 1. The predicted octanol–water partition coefficient (Wildman–Crippen LogP) is 2.69. The van der Waals surface area contributed by atoms with Crippen molar-refractivity contribution in [2.24, 2.45) is 5.18 Å². The van der Waals surface area contributed by atoms with Gasteiger partial charge in [-0.05, 0) is 35.5 Å². The Morgan fingerprint density at radius 1 is 1.18 bits per heavy atom. The van der Waals surface area contributed by atoms with Crippen molar-refractivity contribution in [1.82, 2.24) is 0 Å². The number of aliphatic hydroxyl groups is 2. The maximum absolute atomic E-state index is 13.0. The predicted molar refractivity (Wildman–Crippen MR) is 98.5 cm³/mol. The van der Waals surface area contributed by atoms with Gasteiger partial charge in [0, 0.05) is 18.1 Å². The van der Waals surface area contributed by atoms with Crippen LogP contribution in [-0.2, 0) is 11.2 Å². The van der Waals surface area contributed by atoms with Crippen molar-refractivity contribution < 1.29 is 28.3 Å². The number of furan rings is 2. The van der Waals surface area contributed by atoms with Crippen molar-refractivity contribution >= 4 is 11.4 Å². The number of nitroso groups, excluding NO2 is 1. The minimum Gasteiger partial charge on any atom is -0.503 e. The summed E-state index contributed by atoms with van der Waals surface area (Å²) in [6.07, 6.45) is 7.79. The number of ketones is 1. The van der Waals surface area contributed by atoms with E-state index in [1.165, 1.54) is 24.8 Å². The molecular formula is C20H19N2O6+. The second kappa shape index (κ2) is 7.06. The topological polar surface area (TPSA) is 113 Å². The van der Waals surface area contributed by atoms with Crippen LogP contribution in [0.15, 0.2) is 80.5 Å². The second-order valence-corrected chi connectivity index (χ2v) is 6.85. The van der Waals surface area contributed by atoms with Gasteiger partial charge in [-0.2, -0.15) is 0 Å². The van der Waals surface area contributed by atoms with E-state index in [9.17, 15) is 19.9 Å².